The van der Waals surface area contributed by atoms with Gasteiger partial charge in [0.1, 0.15) is 0 Å². The summed E-state index contributed by atoms with van der Waals surface area (Å²) in [5.41, 5.74) is 3.24. The van der Waals surface area contributed by atoms with Gasteiger partial charge >= 0.3 is 0 Å². The second kappa shape index (κ2) is 10.7. The Labute approximate surface area is 208 Å². The zero-order valence-corrected chi connectivity index (χ0v) is 21.0. The van der Waals surface area contributed by atoms with Gasteiger partial charge < -0.3 is 19.3 Å². The number of rotatable bonds is 7. The van der Waals surface area contributed by atoms with Gasteiger partial charge in [-0.15, -0.1) is 0 Å². The maximum Gasteiger partial charge on any atom is 0.254 e. The van der Waals surface area contributed by atoms with Crippen LogP contribution in [0.3, 0.4) is 0 Å². The Morgan fingerprint density at radius 2 is 1.74 bits per heavy atom. The number of hydrogen-bond donors (Lipinski definition) is 0. The van der Waals surface area contributed by atoms with Crippen LogP contribution in [0.25, 0.3) is 10.8 Å². The first-order valence-electron chi connectivity index (χ1n) is 12.9. The van der Waals surface area contributed by atoms with Crippen molar-refractivity contribution < 1.29 is 14.3 Å². The first-order chi connectivity index (χ1) is 17.2. The molecule has 5 heteroatoms. The first-order valence-corrected chi connectivity index (χ1v) is 12.9. The van der Waals surface area contributed by atoms with E-state index in [-0.39, 0.29) is 5.91 Å². The Morgan fingerprint density at radius 3 is 2.60 bits per heavy atom. The fourth-order valence-corrected chi connectivity index (χ4v) is 5.80. The van der Waals surface area contributed by atoms with Gasteiger partial charge in [-0.2, -0.15) is 0 Å². The summed E-state index contributed by atoms with van der Waals surface area (Å²) in [5.74, 6) is 1.95. The highest BCUT2D eigenvalue weighted by molar-refractivity contribution is 5.97. The average Bonchev–Trinajstić information content (AvgIpc) is 3.13. The fraction of sp³-hybridized carbons (Fsp3) is 0.433. The molecule has 2 heterocycles. The summed E-state index contributed by atoms with van der Waals surface area (Å²) in [6, 6.07) is 19.1. The molecule has 5 nitrogen and oxygen atoms in total. The van der Waals surface area contributed by atoms with Crippen molar-refractivity contribution in [3.8, 4) is 11.5 Å². The Hall–Kier alpha value is -3.05. The molecule has 0 saturated carbocycles. The van der Waals surface area contributed by atoms with E-state index in [1.165, 1.54) is 35.6 Å². The largest absolute Gasteiger partial charge is 0.493 e. The molecule has 3 aromatic rings. The summed E-state index contributed by atoms with van der Waals surface area (Å²) >= 11 is 0. The minimum Gasteiger partial charge on any atom is -0.493 e. The van der Waals surface area contributed by atoms with Gasteiger partial charge in [-0.3, -0.25) is 4.79 Å². The van der Waals surface area contributed by atoms with Crippen molar-refractivity contribution in [1.82, 2.24) is 9.80 Å². The van der Waals surface area contributed by atoms with E-state index in [0.717, 1.165) is 56.7 Å². The summed E-state index contributed by atoms with van der Waals surface area (Å²) in [4.78, 5) is 18.1. The molecule has 0 N–H and O–H groups in total. The molecule has 0 spiro atoms. The number of hydrogen-bond acceptors (Lipinski definition) is 4. The number of ether oxygens (including phenoxy) is 2. The smallest absolute Gasteiger partial charge is 0.254 e. The minimum absolute atomic E-state index is 0.124. The molecule has 1 amide bonds. The van der Waals surface area contributed by atoms with Gasteiger partial charge in [-0.25, -0.2) is 0 Å². The molecule has 1 unspecified atom stereocenters. The number of benzene rings is 3. The van der Waals surface area contributed by atoms with Crippen LogP contribution in [0.1, 0.15) is 40.7 Å². The average molecular weight is 473 g/mol. The van der Waals surface area contributed by atoms with Gasteiger partial charge in [0.25, 0.3) is 5.91 Å². The van der Waals surface area contributed by atoms with Crippen LogP contribution in [-0.2, 0) is 12.8 Å². The lowest BCUT2D eigenvalue weighted by Crippen LogP contribution is -2.43. The molecule has 184 valence electrons. The van der Waals surface area contributed by atoms with Crippen molar-refractivity contribution in [3.05, 3.63) is 71.3 Å². The maximum absolute atomic E-state index is 13.4. The molecular formula is C30H36N2O3. The van der Waals surface area contributed by atoms with Crippen molar-refractivity contribution >= 4 is 16.7 Å². The molecule has 0 bridgehead atoms. The lowest BCUT2D eigenvalue weighted by atomic mass is 9.95. The first kappa shape index (κ1) is 23.7. The van der Waals surface area contributed by atoms with Gasteiger partial charge in [0.15, 0.2) is 11.5 Å². The van der Waals surface area contributed by atoms with Crippen LogP contribution in [0, 0.1) is 5.92 Å². The van der Waals surface area contributed by atoms with E-state index in [1.807, 2.05) is 12.1 Å². The lowest BCUT2D eigenvalue weighted by molar-refractivity contribution is 0.0695. The zero-order valence-electron chi connectivity index (χ0n) is 21.0. The molecule has 1 atom stereocenters. The van der Waals surface area contributed by atoms with Gasteiger partial charge in [0.2, 0.25) is 0 Å². The number of amides is 1. The fourth-order valence-electron chi connectivity index (χ4n) is 5.80. The molecule has 3 aromatic carbocycles. The summed E-state index contributed by atoms with van der Waals surface area (Å²) < 4.78 is 10.9. The highest BCUT2D eigenvalue weighted by atomic mass is 16.5. The van der Waals surface area contributed by atoms with E-state index in [9.17, 15) is 4.79 Å². The van der Waals surface area contributed by atoms with E-state index in [1.54, 1.807) is 14.2 Å². The predicted molar refractivity (Wildman–Crippen MR) is 141 cm³/mol. The van der Waals surface area contributed by atoms with Crippen LogP contribution in [0.2, 0.25) is 0 Å². The predicted octanol–water partition coefficient (Wildman–Crippen LogP) is 5.20. The third-order valence-electron chi connectivity index (χ3n) is 7.69. The molecule has 0 aromatic heterocycles. The van der Waals surface area contributed by atoms with Gasteiger partial charge in [0, 0.05) is 31.7 Å². The van der Waals surface area contributed by atoms with Crippen LogP contribution < -0.4 is 9.47 Å². The molecular weight excluding hydrogens is 436 g/mol. The molecule has 2 aliphatic rings. The summed E-state index contributed by atoms with van der Waals surface area (Å²) in [6.07, 6.45) is 5.58. The standard InChI is InChI=1S/C30H36N2O3/c1-34-28-18-25-14-17-32(30(33)27(25)19-29(28)35-2)21-22-8-5-6-15-31(20-22)16-13-24-11-7-10-23-9-3-4-12-26(23)24/h3-4,7,9-12,18-19,22H,5-6,8,13-17,20-21H2,1-2H3. The number of methoxy groups -OCH3 is 2. The van der Waals surface area contributed by atoms with Crippen molar-refractivity contribution in [3.63, 3.8) is 0 Å². The molecule has 0 radical (unpaired) electrons. The number of nitrogens with zero attached hydrogens (tertiary/aromatic N) is 2. The summed E-state index contributed by atoms with van der Waals surface area (Å²) in [5, 5.41) is 2.68. The van der Waals surface area contributed by atoms with Crippen LogP contribution in [0.5, 0.6) is 11.5 Å². The third-order valence-corrected chi connectivity index (χ3v) is 7.69. The Bertz CT molecular complexity index is 1190. The van der Waals surface area contributed by atoms with E-state index in [0.29, 0.717) is 17.4 Å². The van der Waals surface area contributed by atoms with Crippen LogP contribution in [0.15, 0.2) is 54.6 Å². The normalized spacial score (nSPS) is 18.9. The highest BCUT2D eigenvalue weighted by Crippen LogP contribution is 2.33. The number of likely N-dealkylation sites (tertiary alicyclic amines) is 1. The van der Waals surface area contributed by atoms with E-state index < -0.39 is 0 Å². The van der Waals surface area contributed by atoms with E-state index in [2.05, 4.69) is 52.3 Å². The van der Waals surface area contributed by atoms with E-state index >= 15 is 0 Å². The lowest BCUT2D eigenvalue weighted by Gasteiger charge is -2.33. The molecule has 1 fully saturated rings. The number of carbonyl (C=O) groups excluding carboxylic acids is 1. The van der Waals surface area contributed by atoms with Crippen LogP contribution >= 0.6 is 0 Å². The van der Waals surface area contributed by atoms with Crippen LogP contribution in [0.4, 0.5) is 0 Å². The van der Waals surface area contributed by atoms with Crippen molar-refractivity contribution in [1.29, 1.82) is 0 Å². The molecule has 5 rings (SSSR count). The number of carbonyl (C=O) groups is 1. The van der Waals surface area contributed by atoms with Gasteiger partial charge in [0.05, 0.1) is 14.2 Å². The molecule has 35 heavy (non-hydrogen) atoms. The van der Waals surface area contributed by atoms with Crippen molar-refractivity contribution in [2.45, 2.75) is 32.1 Å². The summed E-state index contributed by atoms with van der Waals surface area (Å²) in [6.45, 7) is 4.88. The second-order valence-corrected chi connectivity index (χ2v) is 9.92. The molecule has 0 aliphatic carbocycles. The zero-order chi connectivity index (χ0) is 24.2. The molecule has 1 saturated heterocycles. The monoisotopic (exact) mass is 472 g/mol. The molecule has 2 aliphatic heterocycles. The Morgan fingerprint density at radius 1 is 0.943 bits per heavy atom. The maximum atomic E-state index is 13.4. The van der Waals surface area contributed by atoms with Crippen molar-refractivity contribution in [2.24, 2.45) is 5.92 Å². The van der Waals surface area contributed by atoms with E-state index in [4.69, 9.17) is 9.47 Å². The Balaban J connectivity index is 1.24. The summed E-state index contributed by atoms with van der Waals surface area (Å²) in [7, 11) is 3.26. The van der Waals surface area contributed by atoms with Gasteiger partial charge in [-0.05, 0) is 72.2 Å². The van der Waals surface area contributed by atoms with Gasteiger partial charge in [-0.1, -0.05) is 48.9 Å². The topological polar surface area (TPSA) is 42.0 Å². The van der Waals surface area contributed by atoms with Crippen molar-refractivity contribution in [2.75, 3.05) is 46.9 Å². The van der Waals surface area contributed by atoms with Crippen LogP contribution in [-0.4, -0.2) is 62.7 Å². The Kier molecular flexibility index (Phi) is 7.24. The number of fused-ring (bicyclic) bond motifs is 2. The highest BCUT2D eigenvalue weighted by Gasteiger charge is 2.29. The quantitative estimate of drug-likeness (QED) is 0.474. The minimum atomic E-state index is 0.124. The third kappa shape index (κ3) is 5.15. The SMILES string of the molecule is COc1cc2c(cc1OC)C(=O)N(CC1CCCCN(CCc3cccc4ccccc34)C1)CC2. The second-order valence-electron chi connectivity index (χ2n) is 9.92.